The number of likely N-dealkylation sites (tertiary alicyclic amines) is 1. The molecule has 0 spiro atoms. The first-order chi connectivity index (χ1) is 10.1. The number of furan rings is 1. The number of hydrogen-bond acceptors (Lipinski definition) is 4. The van der Waals surface area contributed by atoms with Gasteiger partial charge in [0.25, 0.3) is 0 Å². The van der Waals surface area contributed by atoms with Crippen LogP contribution >= 0.6 is 0 Å². The zero-order valence-electron chi connectivity index (χ0n) is 11.6. The average molecular weight is 286 g/mol. The van der Waals surface area contributed by atoms with Crippen molar-refractivity contribution < 1.29 is 19.1 Å². The molecular formula is C16H16NO4-. The Hall–Kier alpha value is -2.30. The summed E-state index contributed by atoms with van der Waals surface area (Å²) in [6.07, 6.45) is 2.85. The fraction of sp³-hybridized carbons (Fsp3) is 0.375. The lowest BCUT2D eigenvalue weighted by Crippen LogP contribution is -2.44. The minimum atomic E-state index is -1.01. The van der Waals surface area contributed by atoms with Crippen LogP contribution in [0, 0.1) is 5.92 Å². The van der Waals surface area contributed by atoms with E-state index in [2.05, 4.69) is 0 Å². The van der Waals surface area contributed by atoms with Gasteiger partial charge in [-0.25, -0.2) is 0 Å². The first-order valence-corrected chi connectivity index (χ1v) is 7.09. The molecule has 0 bridgehead atoms. The molecule has 5 nitrogen and oxygen atoms in total. The molecule has 0 saturated carbocycles. The number of hydrogen-bond donors (Lipinski definition) is 0. The van der Waals surface area contributed by atoms with Gasteiger partial charge in [-0.2, -0.15) is 0 Å². The number of piperidine rings is 1. The normalized spacial score (nSPS) is 16.3. The molecule has 0 aliphatic carbocycles. The molecule has 110 valence electrons. The predicted octanol–water partition coefficient (Wildman–Crippen LogP) is 0.964. The molecule has 5 heteroatoms. The number of amides is 1. The summed E-state index contributed by atoms with van der Waals surface area (Å²) in [6.45, 7) is 0.959. The van der Waals surface area contributed by atoms with Crippen molar-refractivity contribution >= 4 is 22.8 Å². The van der Waals surface area contributed by atoms with Crippen molar-refractivity contribution in [1.82, 2.24) is 4.90 Å². The van der Waals surface area contributed by atoms with E-state index in [-0.39, 0.29) is 12.3 Å². The average Bonchev–Trinajstić information content (AvgIpc) is 2.91. The minimum Gasteiger partial charge on any atom is -0.550 e. The summed E-state index contributed by atoms with van der Waals surface area (Å²) < 4.78 is 5.43. The summed E-state index contributed by atoms with van der Waals surface area (Å²) in [4.78, 5) is 24.8. The highest BCUT2D eigenvalue weighted by molar-refractivity contribution is 5.87. The van der Waals surface area contributed by atoms with Crippen LogP contribution in [0.5, 0.6) is 0 Å². The van der Waals surface area contributed by atoms with E-state index in [1.54, 1.807) is 11.2 Å². The van der Waals surface area contributed by atoms with Crippen molar-refractivity contribution in [3.8, 4) is 0 Å². The standard InChI is InChI=1S/C16H17NO4/c18-15(17-7-5-11(6-8-17)16(19)20)9-12-10-21-14-4-2-1-3-13(12)14/h1-4,10-11H,5-9H2,(H,19,20)/p-1. The van der Waals surface area contributed by atoms with E-state index in [4.69, 9.17) is 4.42 Å². The topological polar surface area (TPSA) is 73.6 Å². The molecule has 1 aliphatic rings. The van der Waals surface area contributed by atoms with Crippen molar-refractivity contribution in [1.29, 1.82) is 0 Å². The molecule has 1 aromatic carbocycles. The number of carbonyl (C=O) groups is 2. The maximum absolute atomic E-state index is 12.3. The Bertz CT molecular complexity index is 668. The number of carbonyl (C=O) groups excluding carboxylic acids is 2. The SMILES string of the molecule is O=C([O-])C1CCN(C(=O)Cc2coc3ccccc23)CC1. The zero-order valence-corrected chi connectivity index (χ0v) is 11.6. The fourth-order valence-electron chi connectivity index (χ4n) is 2.81. The summed E-state index contributed by atoms with van der Waals surface area (Å²) in [5.74, 6) is -1.43. The van der Waals surface area contributed by atoms with Gasteiger partial charge < -0.3 is 19.2 Å². The maximum atomic E-state index is 12.3. The molecule has 21 heavy (non-hydrogen) atoms. The third-order valence-electron chi connectivity index (χ3n) is 4.08. The van der Waals surface area contributed by atoms with Gasteiger partial charge in [0.2, 0.25) is 5.91 Å². The van der Waals surface area contributed by atoms with E-state index in [0.717, 1.165) is 16.5 Å². The number of rotatable bonds is 3. The number of para-hydroxylation sites is 1. The number of fused-ring (bicyclic) bond motifs is 1. The Kier molecular flexibility index (Phi) is 3.64. The van der Waals surface area contributed by atoms with E-state index in [0.29, 0.717) is 25.9 Å². The summed E-state index contributed by atoms with van der Waals surface area (Å²) >= 11 is 0. The van der Waals surface area contributed by atoms with Crippen molar-refractivity contribution in [3.05, 3.63) is 36.1 Å². The molecule has 1 aliphatic heterocycles. The van der Waals surface area contributed by atoms with E-state index >= 15 is 0 Å². The van der Waals surface area contributed by atoms with Crippen molar-refractivity contribution in [2.24, 2.45) is 5.92 Å². The van der Waals surface area contributed by atoms with Gasteiger partial charge in [-0.15, -0.1) is 0 Å². The van der Waals surface area contributed by atoms with Crippen LogP contribution in [0.25, 0.3) is 11.0 Å². The lowest BCUT2D eigenvalue weighted by atomic mass is 9.96. The van der Waals surface area contributed by atoms with Gasteiger partial charge in [0, 0.05) is 35.9 Å². The molecule has 0 unspecified atom stereocenters. The molecular weight excluding hydrogens is 270 g/mol. The number of aliphatic carboxylic acids is 1. The molecule has 2 heterocycles. The smallest absolute Gasteiger partial charge is 0.227 e. The first kappa shape index (κ1) is 13.7. The van der Waals surface area contributed by atoms with Crippen LogP contribution in [0.1, 0.15) is 18.4 Å². The van der Waals surface area contributed by atoms with E-state index < -0.39 is 11.9 Å². The lowest BCUT2D eigenvalue weighted by Gasteiger charge is -2.32. The van der Waals surface area contributed by atoms with Gasteiger partial charge >= 0.3 is 0 Å². The quantitative estimate of drug-likeness (QED) is 0.842. The number of carboxylic acid groups (broad SMARTS) is 1. The van der Waals surface area contributed by atoms with Crippen LogP contribution in [0.4, 0.5) is 0 Å². The van der Waals surface area contributed by atoms with Gasteiger partial charge in [-0.3, -0.25) is 4.79 Å². The molecule has 2 aromatic rings. The molecule has 0 atom stereocenters. The Morgan fingerprint density at radius 3 is 2.67 bits per heavy atom. The van der Waals surface area contributed by atoms with Gasteiger partial charge in [-0.05, 0) is 18.9 Å². The van der Waals surface area contributed by atoms with Crippen molar-refractivity contribution in [2.75, 3.05) is 13.1 Å². The highest BCUT2D eigenvalue weighted by Gasteiger charge is 2.24. The Labute approximate surface area is 122 Å². The largest absolute Gasteiger partial charge is 0.550 e. The van der Waals surface area contributed by atoms with Crippen LogP contribution in [0.2, 0.25) is 0 Å². The highest BCUT2D eigenvalue weighted by Crippen LogP contribution is 2.23. The summed E-state index contributed by atoms with van der Waals surface area (Å²) in [5.41, 5.74) is 1.65. The van der Waals surface area contributed by atoms with Crippen LogP contribution in [0.3, 0.4) is 0 Å². The van der Waals surface area contributed by atoms with E-state index in [1.807, 2.05) is 24.3 Å². The van der Waals surface area contributed by atoms with Gasteiger partial charge in [0.05, 0.1) is 12.7 Å². The predicted molar refractivity (Wildman–Crippen MR) is 74.2 cm³/mol. The molecule has 1 aromatic heterocycles. The second-order valence-electron chi connectivity index (χ2n) is 5.41. The molecule has 1 amide bonds. The van der Waals surface area contributed by atoms with E-state index in [1.165, 1.54) is 0 Å². The second-order valence-corrected chi connectivity index (χ2v) is 5.41. The number of benzene rings is 1. The minimum absolute atomic E-state index is 0.0124. The van der Waals surface area contributed by atoms with Crippen molar-refractivity contribution in [3.63, 3.8) is 0 Å². The lowest BCUT2D eigenvalue weighted by molar-refractivity contribution is -0.312. The highest BCUT2D eigenvalue weighted by atomic mass is 16.4. The van der Waals surface area contributed by atoms with Gasteiger partial charge in [-0.1, -0.05) is 18.2 Å². The third-order valence-corrected chi connectivity index (χ3v) is 4.08. The maximum Gasteiger partial charge on any atom is 0.227 e. The second kappa shape index (κ2) is 5.60. The summed E-state index contributed by atoms with van der Waals surface area (Å²) in [5, 5.41) is 11.8. The van der Waals surface area contributed by atoms with E-state index in [9.17, 15) is 14.7 Å². The Morgan fingerprint density at radius 1 is 1.24 bits per heavy atom. The molecule has 1 fully saturated rings. The Balaban J connectivity index is 1.66. The van der Waals surface area contributed by atoms with Crippen LogP contribution < -0.4 is 5.11 Å². The zero-order chi connectivity index (χ0) is 14.8. The first-order valence-electron chi connectivity index (χ1n) is 7.09. The molecule has 1 saturated heterocycles. The Morgan fingerprint density at radius 2 is 1.95 bits per heavy atom. The van der Waals surface area contributed by atoms with Gasteiger partial charge in [0.15, 0.2) is 0 Å². The van der Waals surface area contributed by atoms with Gasteiger partial charge in [0.1, 0.15) is 5.58 Å². The number of carboxylic acids is 1. The summed E-state index contributed by atoms with van der Waals surface area (Å²) in [6, 6.07) is 7.61. The third kappa shape index (κ3) is 2.77. The summed E-state index contributed by atoms with van der Waals surface area (Å²) in [7, 11) is 0. The molecule has 0 N–H and O–H groups in total. The molecule has 3 rings (SSSR count). The van der Waals surface area contributed by atoms with Crippen molar-refractivity contribution in [2.45, 2.75) is 19.3 Å². The monoisotopic (exact) mass is 286 g/mol. The van der Waals surface area contributed by atoms with Crippen LogP contribution in [0.15, 0.2) is 34.9 Å². The van der Waals surface area contributed by atoms with Crippen LogP contribution in [-0.2, 0) is 16.0 Å². The van der Waals surface area contributed by atoms with Crippen LogP contribution in [-0.4, -0.2) is 29.9 Å². The fourth-order valence-corrected chi connectivity index (χ4v) is 2.81. The molecule has 0 radical (unpaired) electrons. The number of nitrogens with zero attached hydrogens (tertiary/aromatic N) is 1.